The summed E-state index contributed by atoms with van der Waals surface area (Å²) in [5.41, 5.74) is 4.30. The predicted molar refractivity (Wildman–Crippen MR) is 105 cm³/mol. The number of rotatable bonds is 8. The van der Waals surface area contributed by atoms with E-state index < -0.39 is 0 Å². The highest BCUT2D eigenvalue weighted by Gasteiger charge is 2.08. The average molecular weight is 356 g/mol. The molecule has 0 fully saturated rings. The van der Waals surface area contributed by atoms with Gasteiger partial charge in [-0.15, -0.1) is 11.8 Å². The first-order valence-electron chi connectivity index (χ1n) is 8.36. The average Bonchev–Trinajstić information content (AvgIpc) is 2.62. The van der Waals surface area contributed by atoms with Crippen molar-refractivity contribution >= 4 is 29.3 Å². The van der Waals surface area contributed by atoms with Gasteiger partial charge in [0.25, 0.3) is 0 Å². The van der Waals surface area contributed by atoms with E-state index >= 15 is 0 Å². The number of aryl methyl sites for hydroxylation is 2. The smallest absolute Gasteiger partial charge is 0.243 e. The standard InChI is InChI=1S/C20H24N2O2S/c1-3-17-6-4-5-7-18(17)22-19(23)12-21-20(24)14-25-13-16-10-8-15(2)9-11-16/h4-11H,3,12-14H2,1-2H3,(H,21,24)(H,22,23). The van der Waals surface area contributed by atoms with Gasteiger partial charge in [-0.2, -0.15) is 0 Å². The topological polar surface area (TPSA) is 58.2 Å². The number of hydrogen-bond acceptors (Lipinski definition) is 3. The number of hydrogen-bond donors (Lipinski definition) is 2. The monoisotopic (exact) mass is 356 g/mol. The quantitative estimate of drug-likeness (QED) is 0.760. The summed E-state index contributed by atoms with van der Waals surface area (Å²) in [7, 11) is 0. The molecule has 0 aliphatic carbocycles. The van der Waals surface area contributed by atoms with Crippen LogP contribution in [0.4, 0.5) is 5.69 Å². The van der Waals surface area contributed by atoms with Crippen LogP contribution in [-0.2, 0) is 21.8 Å². The summed E-state index contributed by atoms with van der Waals surface area (Å²) in [4.78, 5) is 23.8. The van der Waals surface area contributed by atoms with E-state index in [1.807, 2.05) is 38.1 Å². The van der Waals surface area contributed by atoms with Crippen LogP contribution in [0, 0.1) is 6.92 Å². The fourth-order valence-electron chi connectivity index (χ4n) is 2.32. The molecule has 0 atom stereocenters. The molecule has 2 amide bonds. The van der Waals surface area contributed by atoms with Gasteiger partial charge in [0.05, 0.1) is 12.3 Å². The van der Waals surface area contributed by atoms with Crippen molar-refractivity contribution < 1.29 is 9.59 Å². The van der Waals surface area contributed by atoms with Gasteiger partial charge in [-0.3, -0.25) is 9.59 Å². The third-order valence-electron chi connectivity index (χ3n) is 3.74. The number of anilines is 1. The molecule has 0 heterocycles. The van der Waals surface area contributed by atoms with E-state index in [-0.39, 0.29) is 18.4 Å². The molecule has 0 aliphatic rings. The lowest BCUT2D eigenvalue weighted by molar-refractivity contribution is -0.122. The highest BCUT2D eigenvalue weighted by Crippen LogP contribution is 2.15. The molecule has 132 valence electrons. The minimum absolute atomic E-state index is 0.0119. The Morgan fingerprint density at radius 3 is 2.44 bits per heavy atom. The van der Waals surface area contributed by atoms with Crippen molar-refractivity contribution in [1.82, 2.24) is 5.32 Å². The Balaban J connectivity index is 1.68. The van der Waals surface area contributed by atoms with Gasteiger partial charge in [0.15, 0.2) is 0 Å². The van der Waals surface area contributed by atoms with E-state index in [1.54, 1.807) is 0 Å². The predicted octanol–water partition coefficient (Wildman–Crippen LogP) is 3.55. The highest BCUT2D eigenvalue weighted by molar-refractivity contribution is 7.99. The van der Waals surface area contributed by atoms with E-state index in [4.69, 9.17) is 0 Å². The summed E-state index contributed by atoms with van der Waals surface area (Å²) in [6, 6.07) is 15.9. The maximum Gasteiger partial charge on any atom is 0.243 e. The van der Waals surface area contributed by atoms with Gasteiger partial charge in [0.1, 0.15) is 0 Å². The Kier molecular flexibility index (Phi) is 7.54. The van der Waals surface area contributed by atoms with Crippen LogP contribution in [0.1, 0.15) is 23.6 Å². The van der Waals surface area contributed by atoms with Gasteiger partial charge in [-0.05, 0) is 30.5 Å². The fourth-order valence-corrected chi connectivity index (χ4v) is 3.14. The molecule has 2 aromatic rings. The summed E-state index contributed by atoms with van der Waals surface area (Å²) < 4.78 is 0. The second-order valence-corrected chi connectivity index (χ2v) is 6.80. The van der Waals surface area contributed by atoms with Crippen LogP contribution in [0.25, 0.3) is 0 Å². The zero-order valence-electron chi connectivity index (χ0n) is 14.7. The minimum atomic E-state index is -0.210. The normalized spacial score (nSPS) is 10.3. The molecule has 0 aliphatic heterocycles. The SMILES string of the molecule is CCc1ccccc1NC(=O)CNC(=O)CSCc1ccc(C)cc1. The zero-order chi connectivity index (χ0) is 18.1. The molecule has 0 saturated heterocycles. The van der Waals surface area contributed by atoms with Gasteiger partial charge in [-0.1, -0.05) is 55.0 Å². The molecule has 0 saturated carbocycles. The second-order valence-electron chi connectivity index (χ2n) is 5.81. The lowest BCUT2D eigenvalue weighted by atomic mass is 10.1. The lowest BCUT2D eigenvalue weighted by Crippen LogP contribution is -2.34. The third kappa shape index (κ3) is 6.63. The van der Waals surface area contributed by atoms with Crippen LogP contribution in [-0.4, -0.2) is 24.1 Å². The van der Waals surface area contributed by atoms with Gasteiger partial charge in [-0.25, -0.2) is 0 Å². The van der Waals surface area contributed by atoms with Crippen LogP contribution < -0.4 is 10.6 Å². The molecule has 2 aromatic carbocycles. The Morgan fingerprint density at radius 2 is 1.72 bits per heavy atom. The molecule has 5 heteroatoms. The second kappa shape index (κ2) is 9.89. The molecular weight excluding hydrogens is 332 g/mol. The minimum Gasteiger partial charge on any atom is -0.346 e. The van der Waals surface area contributed by atoms with Crippen molar-refractivity contribution in [3.8, 4) is 0 Å². The molecule has 0 spiro atoms. The number of carbonyl (C=O) groups excluding carboxylic acids is 2. The Bertz CT molecular complexity index is 714. The van der Waals surface area contributed by atoms with Crippen molar-refractivity contribution in [2.75, 3.05) is 17.6 Å². The first kappa shape index (κ1) is 19.1. The summed E-state index contributed by atoms with van der Waals surface area (Å²) in [6.45, 7) is 4.08. The number of carbonyl (C=O) groups is 2. The first-order chi connectivity index (χ1) is 12.1. The van der Waals surface area contributed by atoms with Gasteiger partial charge in [0, 0.05) is 11.4 Å². The molecule has 0 unspecified atom stereocenters. The molecule has 25 heavy (non-hydrogen) atoms. The fraction of sp³-hybridized carbons (Fsp3) is 0.300. The van der Waals surface area contributed by atoms with E-state index in [1.165, 1.54) is 22.9 Å². The Morgan fingerprint density at radius 1 is 1.00 bits per heavy atom. The Labute approximate surface area is 153 Å². The number of para-hydroxylation sites is 1. The lowest BCUT2D eigenvalue weighted by Gasteiger charge is -2.10. The number of thioether (sulfide) groups is 1. The third-order valence-corrected chi connectivity index (χ3v) is 4.74. The van der Waals surface area contributed by atoms with E-state index in [0.29, 0.717) is 5.75 Å². The Hall–Kier alpha value is -2.27. The number of nitrogens with one attached hydrogen (secondary N) is 2. The van der Waals surface area contributed by atoms with Crippen LogP contribution in [0.5, 0.6) is 0 Å². The van der Waals surface area contributed by atoms with E-state index in [0.717, 1.165) is 23.4 Å². The highest BCUT2D eigenvalue weighted by atomic mass is 32.2. The summed E-state index contributed by atoms with van der Waals surface area (Å²) in [5.74, 6) is 0.782. The van der Waals surface area contributed by atoms with Crippen LogP contribution >= 0.6 is 11.8 Å². The molecule has 0 bridgehead atoms. The maximum atomic E-state index is 12.0. The largest absolute Gasteiger partial charge is 0.346 e. The van der Waals surface area contributed by atoms with Crippen molar-refractivity contribution in [3.63, 3.8) is 0 Å². The summed E-state index contributed by atoms with van der Waals surface area (Å²) in [5, 5.41) is 5.51. The van der Waals surface area contributed by atoms with E-state index in [9.17, 15) is 9.59 Å². The van der Waals surface area contributed by atoms with Crippen molar-refractivity contribution in [2.45, 2.75) is 26.0 Å². The number of amides is 2. The molecule has 4 nitrogen and oxygen atoms in total. The van der Waals surface area contributed by atoms with Crippen LogP contribution in [0.15, 0.2) is 48.5 Å². The first-order valence-corrected chi connectivity index (χ1v) is 9.51. The van der Waals surface area contributed by atoms with E-state index in [2.05, 4.69) is 34.9 Å². The van der Waals surface area contributed by atoms with Crippen LogP contribution in [0.2, 0.25) is 0 Å². The van der Waals surface area contributed by atoms with Gasteiger partial charge < -0.3 is 10.6 Å². The molecule has 0 aromatic heterocycles. The molecule has 2 N–H and O–H groups in total. The van der Waals surface area contributed by atoms with Crippen molar-refractivity contribution in [1.29, 1.82) is 0 Å². The summed E-state index contributed by atoms with van der Waals surface area (Å²) >= 11 is 1.54. The molecule has 2 rings (SSSR count). The van der Waals surface area contributed by atoms with Crippen LogP contribution in [0.3, 0.4) is 0 Å². The van der Waals surface area contributed by atoms with Crippen molar-refractivity contribution in [2.24, 2.45) is 0 Å². The van der Waals surface area contributed by atoms with Crippen molar-refractivity contribution in [3.05, 3.63) is 65.2 Å². The maximum absolute atomic E-state index is 12.0. The molecule has 0 radical (unpaired) electrons. The number of benzene rings is 2. The molecular formula is C20H24N2O2S. The van der Waals surface area contributed by atoms with Gasteiger partial charge >= 0.3 is 0 Å². The zero-order valence-corrected chi connectivity index (χ0v) is 15.5. The van der Waals surface area contributed by atoms with Gasteiger partial charge in [0.2, 0.25) is 11.8 Å². The summed E-state index contributed by atoms with van der Waals surface area (Å²) in [6.07, 6.45) is 0.846.